The molecule has 4 rings (SSSR count). The lowest BCUT2D eigenvalue weighted by Crippen LogP contribution is -2.54. The van der Waals surface area contributed by atoms with Gasteiger partial charge >= 0.3 is 6.03 Å². The van der Waals surface area contributed by atoms with E-state index in [9.17, 15) is 4.79 Å². The molecule has 0 radical (unpaired) electrons. The maximum atomic E-state index is 13.1. The van der Waals surface area contributed by atoms with Crippen molar-refractivity contribution in [3.8, 4) is 0 Å². The Kier molecular flexibility index (Phi) is 7.60. The summed E-state index contributed by atoms with van der Waals surface area (Å²) in [6.07, 6.45) is 5.40. The van der Waals surface area contributed by atoms with Crippen molar-refractivity contribution in [2.45, 2.75) is 19.4 Å². The smallest absolute Gasteiger partial charge is 0.320 e. The number of hydrogen-bond donors (Lipinski definition) is 0. The van der Waals surface area contributed by atoms with Crippen LogP contribution in [0.5, 0.6) is 0 Å². The number of benzene rings is 1. The summed E-state index contributed by atoms with van der Waals surface area (Å²) < 4.78 is 0. The largest absolute Gasteiger partial charge is 0.399 e. The van der Waals surface area contributed by atoms with Gasteiger partial charge in [0.2, 0.25) is 0 Å². The predicted octanol–water partition coefficient (Wildman–Crippen LogP) is 3.74. The molecule has 3 heterocycles. The van der Waals surface area contributed by atoms with Crippen molar-refractivity contribution in [3.05, 3.63) is 64.9 Å². The number of piperidine rings is 1. The molecule has 2 aliphatic rings. The van der Waals surface area contributed by atoms with E-state index in [-0.39, 0.29) is 11.9 Å². The van der Waals surface area contributed by atoms with Crippen molar-refractivity contribution >= 4 is 23.3 Å². The quantitative estimate of drug-likeness (QED) is 0.509. The van der Waals surface area contributed by atoms with E-state index in [4.69, 9.17) is 16.4 Å². The van der Waals surface area contributed by atoms with Gasteiger partial charge < -0.3 is 14.6 Å². The topological polar surface area (TPSA) is 61.3 Å². The Hall–Kier alpha value is -2.64. The highest BCUT2D eigenvalue weighted by atomic mass is 35.5. The van der Waals surface area contributed by atoms with Crippen LogP contribution < -0.4 is 0 Å². The number of carbonyl (C=O) groups excluding carboxylic acids is 1. The van der Waals surface area contributed by atoms with Gasteiger partial charge in [-0.1, -0.05) is 28.9 Å². The number of piperazine rings is 1. The Labute approximate surface area is 194 Å². The van der Waals surface area contributed by atoms with Gasteiger partial charge in [-0.2, -0.15) is 0 Å². The molecule has 170 valence electrons. The normalized spacial score (nSPS) is 18.6. The second-order valence-corrected chi connectivity index (χ2v) is 8.76. The van der Waals surface area contributed by atoms with Crippen LogP contribution in [0.15, 0.2) is 53.9 Å². The standard InChI is InChI=1S/C24H30ClN5O2/c1-32-27-23(20-2-4-22(25)5-3-20)21-8-12-29(13-9-21)24(31)30-16-14-28(15-17-30)18-19-6-10-26-11-7-19/h2-7,10-11,21H,8-9,12-18H2,1H3. The third-order valence-corrected chi connectivity index (χ3v) is 6.53. The van der Waals surface area contributed by atoms with Crippen LogP contribution in [0.25, 0.3) is 0 Å². The molecule has 0 bridgehead atoms. The summed E-state index contributed by atoms with van der Waals surface area (Å²) >= 11 is 6.03. The highest BCUT2D eigenvalue weighted by Crippen LogP contribution is 2.25. The summed E-state index contributed by atoms with van der Waals surface area (Å²) in [6.45, 7) is 5.70. The average Bonchev–Trinajstić information content (AvgIpc) is 2.84. The van der Waals surface area contributed by atoms with Crippen LogP contribution in [0, 0.1) is 5.92 Å². The summed E-state index contributed by atoms with van der Waals surface area (Å²) in [7, 11) is 1.57. The highest BCUT2D eigenvalue weighted by molar-refractivity contribution is 6.30. The van der Waals surface area contributed by atoms with Gasteiger partial charge in [0.1, 0.15) is 7.11 Å². The van der Waals surface area contributed by atoms with Crippen molar-refractivity contribution in [1.29, 1.82) is 0 Å². The van der Waals surface area contributed by atoms with E-state index < -0.39 is 0 Å². The fraction of sp³-hybridized carbons (Fsp3) is 0.458. The van der Waals surface area contributed by atoms with Crippen molar-refractivity contribution in [1.82, 2.24) is 19.7 Å². The number of oxime groups is 1. The number of likely N-dealkylation sites (tertiary alicyclic amines) is 1. The zero-order valence-corrected chi connectivity index (χ0v) is 19.2. The predicted molar refractivity (Wildman–Crippen MR) is 126 cm³/mol. The van der Waals surface area contributed by atoms with Gasteiger partial charge in [0.15, 0.2) is 0 Å². The molecule has 2 aromatic rings. The van der Waals surface area contributed by atoms with Crippen LogP contribution in [-0.4, -0.2) is 77.8 Å². The summed E-state index contributed by atoms with van der Waals surface area (Å²) in [5.41, 5.74) is 3.21. The Bertz CT molecular complexity index is 906. The first-order chi connectivity index (χ1) is 15.6. The molecule has 32 heavy (non-hydrogen) atoms. The van der Waals surface area contributed by atoms with Crippen LogP contribution in [0.2, 0.25) is 5.02 Å². The van der Waals surface area contributed by atoms with E-state index in [1.165, 1.54) is 5.56 Å². The number of halogens is 1. The van der Waals surface area contributed by atoms with E-state index in [0.29, 0.717) is 5.02 Å². The van der Waals surface area contributed by atoms with Gasteiger partial charge in [-0.25, -0.2) is 4.79 Å². The molecule has 7 nitrogen and oxygen atoms in total. The molecular formula is C24H30ClN5O2. The average molecular weight is 456 g/mol. The molecule has 0 aliphatic carbocycles. The molecule has 2 fully saturated rings. The number of urea groups is 1. The lowest BCUT2D eigenvalue weighted by molar-refractivity contribution is 0.102. The summed E-state index contributed by atoms with van der Waals surface area (Å²) in [5, 5.41) is 5.00. The minimum absolute atomic E-state index is 0.156. The summed E-state index contributed by atoms with van der Waals surface area (Å²) in [4.78, 5) is 28.7. The Morgan fingerprint density at radius 1 is 1.00 bits per heavy atom. The molecule has 1 aromatic heterocycles. The zero-order valence-electron chi connectivity index (χ0n) is 18.5. The van der Waals surface area contributed by atoms with Crippen LogP contribution in [0.3, 0.4) is 0 Å². The second-order valence-electron chi connectivity index (χ2n) is 8.33. The summed E-state index contributed by atoms with van der Waals surface area (Å²) in [6, 6.07) is 11.9. The Balaban J connectivity index is 1.28. The van der Waals surface area contributed by atoms with Gasteiger partial charge in [-0.15, -0.1) is 0 Å². The molecule has 0 saturated carbocycles. The molecule has 2 amide bonds. The molecule has 2 aliphatic heterocycles. The fourth-order valence-electron chi connectivity index (χ4n) is 4.47. The van der Waals surface area contributed by atoms with Gasteiger partial charge in [0.25, 0.3) is 0 Å². The van der Waals surface area contributed by atoms with Crippen molar-refractivity contribution in [3.63, 3.8) is 0 Å². The number of pyridine rings is 1. The molecule has 8 heteroatoms. The molecule has 1 aromatic carbocycles. The minimum atomic E-state index is 0.156. The number of rotatable bonds is 5. The van der Waals surface area contributed by atoms with Gasteiger partial charge in [0.05, 0.1) is 5.71 Å². The maximum absolute atomic E-state index is 13.1. The first-order valence-electron chi connectivity index (χ1n) is 11.2. The maximum Gasteiger partial charge on any atom is 0.320 e. The Morgan fingerprint density at radius 3 is 2.25 bits per heavy atom. The number of nitrogens with zero attached hydrogens (tertiary/aromatic N) is 5. The van der Waals surface area contributed by atoms with E-state index in [1.54, 1.807) is 7.11 Å². The van der Waals surface area contributed by atoms with Crippen LogP contribution in [0.1, 0.15) is 24.0 Å². The first-order valence-corrected chi connectivity index (χ1v) is 11.5. The highest BCUT2D eigenvalue weighted by Gasteiger charge is 2.31. The zero-order chi connectivity index (χ0) is 22.3. The SMILES string of the molecule is CON=C(c1ccc(Cl)cc1)C1CCN(C(=O)N2CCN(Cc3ccncc3)CC2)CC1. The van der Waals surface area contributed by atoms with Crippen LogP contribution in [-0.2, 0) is 11.4 Å². The van der Waals surface area contributed by atoms with Crippen molar-refractivity contribution in [2.75, 3.05) is 46.4 Å². The minimum Gasteiger partial charge on any atom is -0.399 e. The number of carbonyl (C=O) groups is 1. The lowest BCUT2D eigenvalue weighted by atomic mass is 9.88. The van der Waals surface area contributed by atoms with E-state index in [2.05, 4.69) is 15.0 Å². The van der Waals surface area contributed by atoms with Crippen LogP contribution in [0.4, 0.5) is 4.79 Å². The monoisotopic (exact) mass is 455 g/mol. The van der Waals surface area contributed by atoms with E-state index in [0.717, 1.165) is 69.9 Å². The van der Waals surface area contributed by atoms with Gasteiger partial charge in [-0.3, -0.25) is 9.88 Å². The molecular weight excluding hydrogens is 426 g/mol. The molecule has 0 spiro atoms. The third kappa shape index (κ3) is 5.58. The molecule has 0 unspecified atom stereocenters. The van der Waals surface area contributed by atoms with Gasteiger partial charge in [-0.05, 0) is 48.2 Å². The first kappa shape index (κ1) is 22.6. The number of hydrogen-bond acceptors (Lipinski definition) is 5. The second kappa shape index (κ2) is 10.8. The number of aromatic nitrogens is 1. The van der Waals surface area contributed by atoms with Crippen molar-refractivity contribution < 1.29 is 9.63 Å². The fourth-order valence-corrected chi connectivity index (χ4v) is 4.60. The summed E-state index contributed by atoms with van der Waals surface area (Å²) in [5.74, 6) is 0.261. The third-order valence-electron chi connectivity index (χ3n) is 6.28. The van der Waals surface area contributed by atoms with Crippen LogP contribution >= 0.6 is 11.6 Å². The van der Waals surface area contributed by atoms with E-state index in [1.807, 2.05) is 58.6 Å². The molecule has 0 atom stereocenters. The van der Waals surface area contributed by atoms with Crippen molar-refractivity contribution in [2.24, 2.45) is 11.1 Å². The van der Waals surface area contributed by atoms with Gasteiger partial charge in [0, 0.05) is 69.1 Å². The Morgan fingerprint density at radius 2 is 1.62 bits per heavy atom. The van der Waals surface area contributed by atoms with E-state index >= 15 is 0 Å². The molecule has 0 N–H and O–H groups in total. The molecule has 2 saturated heterocycles. The lowest BCUT2D eigenvalue weighted by Gasteiger charge is -2.39. The number of amides is 2.